The number of nitrogens with zero attached hydrogens (tertiary/aromatic N) is 5. The number of carbonyl (C=O) groups excluding carboxylic acids is 1. The third kappa shape index (κ3) is 3.05. The summed E-state index contributed by atoms with van der Waals surface area (Å²) in [6.45, 7) is 1.44. The molecule has 0 aliphatic heterocycles. The molecule has 0 aliphatic carbocycles. The van der Waals surface area contributed by atoms with Crippen molar-refractivity contribution in [1.29, 1.82) is 0 Å². The average Bonchev–Trinajstić information content (AvgIpc) is 2.19. The highest BCUT2D eigenvalue weighted by Crippen LogP contribution is 2.03. The highest BCUT2D eigenvalue weighted by molar-refractivity contribution is 5.73. The van der Waals surface area contributed by atoms with Crippen LogP contribution in [0.3, 0.4) is 0 Å². The fraction of sp³-hybridized carbons (Fsp3) is 0.545. The summed E-state index contributed by atoms with van der Waals surface area (Å²) in [5.74, 6) is -0.214. The first kappa shape index (κ1) is 13.2. The number of aromatic nitrogens is 2. The van der Waals surface area contributed by atoms with Gasteiger partial charge in [-0.05, 0) is 4.99 Å². The number of hydrogen-bond acceptors (Lipinski definition) is 3. The van der Waals surface area contributed by atoms with Crippen LogP contribution in [0.25, 0.3) is 0 Å². The van der Waals surface area contributed by atoms with E-state index in [0.29, 0.717) is 5.62 Å². The minimum Gasteiger partial charge on any atom is -0.373 e. The van der Waals surface area contributed by atoms with Crippen LogP contribution in [-0.4, -0.2) is 38.8 Å². The number of amides is 1. The molecule has 0 aliphatic rings. The van der Waals surface area contributed by atoms with Gasteiger partial charge in [0.05, 0.1) is 13.2 Å². The molecule has 6 heteroatoms. The first-order valence-electron chi connectivity index (χ1n) is 5.35. The summed E-state index contributed by atoms with van der Waals surface area (Å²) < 4.78 is 3.66. The Morgan fingerprint density at radius 1 is 1.35 bits per heavy atom. The lowest BCUT2D eigenvalue weighted by molar-refractivity contribution is -0.692. The number of rotatable bonds is 2. The summed E-state index contributed by atoms with van der Waals surface area (Å²) in [7, 11) is 9.61. The van der Waals surface area contributed by atoms with Gasteiger partial charge in [0, 0.05) is 35.1 Å². The van der Waals surface area contributed by atoms with E-state index in [1.54, 1.807) is 0 Å². The molecule has 0 saturated carbocycles. The van der Waals surface area contributed by atoms with Crippen LogP contribution in [0.5, 0.6) is 0 Å². The van der Waals surface area contributed by atoms with E-state index in [1.807, 2.05) is 66.8 Å². The Morgan fingerprint density at radius 3 is 2.35 bits per heavy atom. The normalized spacial score (nSPS) is 11.5. The predicted molar refractivity (Wildman–Crippen MR) is 66.2 cm³/mol. The van der Waals surface area contributed by atoms with E-state index in [-0.39, 0.29) is 5.91 Å². The maximum atomic E-state index is 11.1. The van der Waals surface area contributed by atoms with E-state index in [0.717, 1.165) is 5.69 Å². The quantitative estimate of drug-likeness (QED) is 0.622. The fourth-order valence-electron chi connectivity index (χ4n) is 1.43. The Kier molecular flexibility index (Phi) is 3.88. The maximum Gasteiger partial charge on any atom is 0.423 e. The molecule has 6 nitrogen and oxygen atoms in total. The van der Waals surface area contributed by atoms with E-state index < -0.39 is 0 Å². The molecule has 0 fully saturated rings. The lowest BCUT2D eigenvalue weighted by Gasteiger charge is -2.17. The molecular weight excluding hydrogens is 218 g/mol. The van der Waals surface area contributed by atoms with Crippen molar-refractivity contribution in [2.24, 2.45) is 12.0 Å². The molecule has 0 bridgehead atoms. The first-order valence-corrected chi connectivity index (χ1v) is 5.35. The summed E-state index contributed by atoms with van der Waals surface area (Å²) in [6.07, 6.45) is 3.86. The van der Waals surface area contributed by atoms with Crippen LogP contribution >= 0.6 is 0 Å². The van der Waals surface area contributed by atoms with Crippen molar-refractivity contribution in [3.05, 3.63) is 18.0 Å². The van der Waals surface area contributed by atoms with Crippen molar-refractivity contribution >= 4 is 11.6 Å². The van der Waals surface area contributed by atoms with E-state index >= 15 is 0 Å². The number of hydrogen-bond donors (Lipinski definition) is 0. The number of anilines is 1. The molecule has 0 atom stereocenters. The van der Waals surface area contributed by atoms with E-state index in [2.05, 4.69) is 4.99 Å². The molecule has 0 aromatic carbocycles. The Morgan fingerprint density at radius 2 is 1.94 bits per heavy atom. The van der Waals surface area contributed by atoms with Crippen LogP contribution in [0.1, 0.15) is 6.92 Å². The van der Waals surface area contributed by atoms with E-state index in [9.17, 15) is 4.79 Å². The maximum absolute atomic E-state index is 11.1. The van der Waals surface area contributed by atoms with Crippen LogP contribution < -0.4 is 20.1 Å². The molecule has 0 unspecified atom stereocenters. The third-order valence-electron chi connectivity index (χ3n) is 2.31. The van der Waals surface area contributed by atoms with Crippen LogP contribution in [0.4, 0.5) is 5.69 Å². The minimum atomic E-state index is -0.214. The summed E-state index contributed by atoms with van der Waals surface area (Å²) >= 11 is 0. The Bertz CT molecular complexity index is 487. The number of carbonyl (C=O) groups is 1. The van der Waals surface area contributed by atoms with Gasteiger partial charge in [-0.1, -0.05) is 0 Å². The van der Waals surface area contributed by atoms with Crippen LogP contribution in [0.2, 0.25) is 0 Å². The van der Waals surface area contributed by atoms with Crippen LogP contribution in [-0.2, 0) is 11.8 Å². The van der Waals surface area contributed by atoms with Gasteiger partial charge in [0.15, 0.2) is 0 Å². The Hall–Kier alpha value is -1.85. The lowest BCUT2D eigenvalue weighted by Crippen LogP contribution is -2.56. The zero-order valence-electron chi connectivity index (χ0n) is 11.3. The highest BCUT2D eigenvalue weighted by atomic mass is 16.1. The monoisotopic (exact) mass is 238 g/mol. The molecule has 1 amide bonds. The van der Waals surface area contributed by atoms with Crippen molar-refractivity contribution in [2.45, 2.75) is 6.92 Å². The lowest BCUT2D eigenvalue weighted by atomic mass is 10.5. The zero-order chi connectivity index (χ0) is 13.2. The molecule has 94 valence electrons. The second-order valence-corrected chi connectivity index (χ2v) is 4.31. The Balaban J connectivity index is 3.55. The summed E-state index contributed by atoms with van der Waals surface area (Å²) in [4.78, 5) is 17.1. The first-order chi connectivity index (χ1) is 7.82. The predicted octanol–water partition coefficient (Wildman–Crippen LogP) is -0.977. The largest absolute Gasteiger partial charge is 0.423 e. The van der Waals surface area contributed by atoms with Crippen molar-refractivity contribution in [3.8, 4) is 0 Å². The third-order valence-corrected chi connectivity index (χ3v) is 2.31. The average molecular weight is 238 g/mol. The minimum absolute atomic E-state index is 0.214. The number of aryl methyl sites for hydroxylation is 1. The van der Waals surface area contributed by atoms with Gasteiger partial charge in [-0.3, -0.25) is 9.80 Å². The zero-order valence-corrected chi connectivity index (χ0v) is 11.3. The Labute approximate surface area is 101 Å². The van der Waals surface area contributed by atoms with Crippen LogP contribution in [0.15, 0.2) is 17.4 Å². The smallest absolute Gasteiger partial charge is 0.373 e. The molecule has 0 saturated heterocycles. The summed E-state index contributed by atoms with van der Waals surface area (Å²) in [5.41, 5.74) is 1.62. The van der Waals surface area contributed by atoms with Gasteiger partial charge in [-0.15, -0.1) is 4.68 Å². The molecule has 17 heavy (non-hydrogen) atoms. The summed E-state index contributed by atoms with van der Waals surface area (Å²) in [5, 5.41) is 1.87. The van der Waals surface area contributed by atoms with Crippen molar-refractivity contribution in [2.75, 3.05) is 38.1 Å². The molecule has 1 aromatic rings. The molecule has 0 spiro atoms. The second-order valence-electron chi connectivity index (χ2n) is 4.31. The molecular formula is C11H20N5O+. The van der Waals surface area contributed by atoms with Crippen molar-refractivity contribution in [1.82, 2.24) is 4.68 Å². The molecule has 1 heterocycles. The van der Waals surface area contributed by atoms with Crippen LogP contribution in [0, 0.1) is 0 Å². The fourth-order valence-corrected chi connectivity index (χ4v) is 1.43. The van der Waals surface area contributed by atoms with Gasteiger partial charge in [0.1, 0.15) is 11.9 Å². The van der Waals surface area contributed by atoms with E-state index in [4.69, 9.17) is 0 Å². The van der Waals surface area contributed by atoms with Gasteiger partial charge in [0.2, 0.25) is 0 Å². The molecule has 0 radical (unpaired) electrons. The van der Waals surface area contributed by atoms with E-state index in [1.165, 1.54) is 6.92 Å². The van der Waals surface area contributed by atoms with Gasteiger partial charge >= 0.3 is 11.5 Å². The van der Waals surface area contributed by atoms with Gasteiger partial charge in [-0.25, -0.2) is 4.57 Å². The van der Waals surface area contributed by atoms with Gasteiger partial charge in [-0.2, -0.15) is 0 Å². The van der Waals surface area contributed by atoms with Crippen molar-refractivity contribution in [3.63, 3.8) is 0 Å². The van der Waals surface area contributed by atoms with Crippen molar-refractivity contribution < 1.29 is 9.36 Å². The summed E-state index contributed by atoms with van der Waals surface area (Å²) in [6, 6.07) is 0. The van der Waals surface area contributed by atoms with Gasteiger partial charge in [0.25, 0.3) is 0 Å². The van der Waals surface area contributed by atoms with Gasteiger partial charge < -0.3 is 4.90 Å². The molecule has 1 rings (SSSR count). The SMILES string of the molecule is CC(=O)N=c1n(N(C)C)cc(N(C)C)c[n+]1C. The molecule has 1 aromatic heterocycles. The topological polar surface area (TPSA) is 44.7 Å². The highest BCUT2D eigenvalue weighted by Gasteiger charge is 2.12. The standard InChI is InChI=1S/C11H20N5O/c1-9(17)12-11-15(6)7-10(13(2)3)8-16(11)14(4)5/h7-8H,1-6H3/q+1. The second kappa shape index (κ2) is 4.99. The molecule has 0 N–H and O–H groups in total.